The molecule has 1 aromatic carbocycles. The summed E-state index contributed by atoms with van der Waals surface area (Å²) in [7, 11) is 0.658. The number of hydrogen-bond acceptors (Lipinski definition) is 3. The van der Waals surface area contributed by atoms with Gasteiger partial charge in [0.25, 0.3) is 0 Å². The van der Waals surface area contributed by atoms with Crippen molar-refractivity contribution in [3.8, 4) is 5.75 Å². The van der Waals surface area contributed by atoms with E-state index in [0.717, 1.165) is 11.1 Å². The van der Waals surface area contributed by atoms with Gasteiger partial charge in [-0.1, -0.05) is 18.2 Å². The van der Waals surface area contributed by atoms with Gasteiger partial charge in [-0.25, -0.2) is 0 Å². The van der Waals surface area contributed by atoms with Crippen LogP contribution in [-0.2, 0) is 15.8 Å². The van der Waals surface area contributed by atoms with E-state index in [1.54, 1.807) is 0 Å². The highest BCUT2D eigenvalue weighted by atomic mass is 28.2. The van der Waals surface area contributed by atoms with Crippen molar-refractivity contribution in [2.75, 3.05) is 0 Å². The number of para-hydroxylation sites is 1. The van der Waals surface area contributed by atoms with Gasteiger partial charge in [0, 0.05) is 5.56 Å². The lowest BCUT2D eigenvalue weighted by atomic mass is 10.1. The zero-order valence-corrected chi connectivity index (χ0v) is 10.8. The molecule has 0 saturated carbocycles. The van der Waals surface area contributed by atoms with Crippen LogP contribution < -0.4 is 0 Å². The largest absolute Gasteiger partial charge is 0.507 e. The molecule has 0 amide bonds. The van der Waals surface area contributed by atoms with Crippen LogP contribution in [0.15, 0.2) is 18.2 Å². The molecule has 0 aliphatic carbocycles. The molecule has 0 saturated heterocycles. The van der Waals surface area contributed by atoms with Gasteiger partial charge in [-0.3, -0.25) is 0 Å². The first-order valence-corrected chi connectivity index (χ1v) is 5.38. The minimum atomic E-state index is -0.193. The van der Waals surface area contributed by atoms with Crippen LogP contribution >= 0.6 is 0 Å². The molecule has 4 heteroatoms. The van der Waals surface area contributed by atoms with E-state index < -0.39 is 0 Å². The molecule has 0 fully saturated rings. The summed E-state index contributed by atoms with van der Waals surface area (Å²) in [5, 5.41) is 9.67. The van der Waals surface area contributed by atoms with Crippen LogP contribution in [0.4, 0.5) is 0 Å². The maximum atomic E-state index is 9.67. The molecule has 1 atom stereocenters. The third kappa shape index (κ3) is 2.83. The molecule has 14 heavy (non-hydrogen) atoms. The molecule has 0 aliphatic rings. The first-order valence-electron chi connectivity index (χ1n) is 4.57. The van der Waals surface area contributed by atoms with Gasteiger partial charge in [-0.05, 0) is 19.4 Å². The summed E-state index contributed by atoms with van der Waals surface area (Å²) in [6.45, 7) is 4.10. The Morgan fingerprint density at radius 1 is 1.50 bits per heavy atom. The topological polar surface area (TPSA) is 38.7 Å². The summed E-state index contributed by atoms with van der Waals surface area (Å²) < 4.78 is 10.4. The van der Waals surface area contributed by atoms with Crippen molar-refractivity contribution in [2.45, 2.75) is 26.7 Å². The fraction of sp³-hybridized carbons (Fsp3) is 0.400. The Kier molecular flexibility index (Phi) is 4.12. The predicted molar refractivity (Wildman–Crippen MR) is 58.1 cm³/mol. The van der Waals surface area contributed by atoms with E-state index in [-0.39, 0.29) is 6.29 Å². The van der Waals surface area contributed by atoms with Crippen molar-refractivity contribution < 1.29 is 14.3 Å². The van der Waals surface area contributed by atoms with Crippen LogP contribution in [0.1, 0.15) is 18.1 Å². The average molecular weight is 212 g/mol. The third-order valence-corrected chi connectivity index (χ3v) is 2.79. The van der Waals surface area contributed by atoms with E-state index in [0.29, 0.717) is 22.8 Å². The van der Waals surface area contributed by atoms with Crippen LogP contribution in [0.2, 0.25) is 0 Å². The van der Waals surface area contributed by atoms with E-state index >= 15 is 0 Å². The molecule has 1 N–H and O–H groups in total. The van der Waals surface area contributed by atoms with Gasteiger partial charge in [-0.15, -0.1) is 0 Å². The van der Waals surface area contributed by atoms with E-state index in [9.17, 15) is 5.11 Å². The number of benzene rings is 1. The molecule has 1 aromatic rings. The van der Waals surface area contributed by atoms with Gasteiger partial charge >= 0.3 is 0 Å². The van der Waals surface area contributed by atoms with Crippen molar-refractivity contribution in [1.29, 1.82) is 0 Å². The Morgan fingerprint density at radius 3 is 2.86 bits per heavy atom. The van der Waals surface area contributed by atoms with Gasteiger partial charge in [-0.2, -0.15) is 0 Å². The standard InChI is InChI=1S/C10H16O3Si/c1-7-4-3-5-9(10(7)11)6-12-8(2)13-14/h3-5,8,11H,6H2,1-2,14H3. The molecule has 1 unspecified atom stereocenters. The van der Waals surface area contributed by atoms with Crippen LogP contribution in [-0.4, -0.2) is 21.9 Å². The van der Waals surface area contributed by atoms with E-state index in [1.165, 1.54) is 0 Å². The second-order valence-corrected chi connectivity index (χ2v) is 3.67. The molecular formula is C10H16O3Si. The summed E-state index contributed by atoms with van der Waals surface area (Å²) in [6, 6.07) is 5.62. The molecule has 0 bridgehead atoms. The van der Waals surface area contributed by atoms with Gasteiger partial charge in [0.2, 0.25) is 0 Å². The summed E-state index contributed by atoms with van der Waals surface area (Å²) in [4.78, 5) is 0. The zero-order valence-electron chi connectivity index (χ0n) is 8.78. The molecule has 0 heterocycles. The van der Waals surface area contributed by atoms with Crippen molar-refractivity contribution in [3.63, 3.8) is 0 Å². The monoisotopic (exact) mass is 212 g/mol. The van der Waals surface area contributed by atoms with E-state index in [4.69, 9.17) is 9.16 Å². The number of phenols is 1. The zero-order chi connectivity index (χ0) is 10.6. The third-order valence-electron chi connectivity index (χ3n) is 2.13. The summed E-state index contributed by atoms with van der Waals surface area (Å²) in [6.07, 6.45) is -0.193. The lowest BCUT2D eigenvalue weighted by Gasteiger charge is -2.12. The first kappa shape index (κ1) is 11.2. The number of aromatic hydroxyl groups is 1. The first-order chi connectivity index (χ1) is 6.65. The highest BCUT2D eigenvalue weighted by Gasteiger charge is 2.05. The summed E-state index contributed by atoms with van der Waals surface area (Å²) in [5.74, 6) is 0.313. The second-order valence-electron chi connectivity index (χ2n) is 3.20. The average Bonchev–Trinajstić information content (AvgIpc) is 2.20. The molecule has 0 radical (unpaired) electrons. The molecule has 78 valence electrons. The van der Waals surface area contributed by atoms with Crippen LogP contribution in [0.25, 0.3) is 0 Å². The summed E-state index contributed by atoms with van der Waals surface area (Å²) >= 11 is 0. The molecule has 0 aliphatic heterocycles. The lowest BCUT2D eigenvalue weighted by Crippen LogP contribution is -2.10. The fourth-order valence-corrected chi connectivity index (χ4v) is 1.25. The van der Waals surface area contributed by atoms with Gasteiger partial charge in [0.1, 0.15) is 22.5 Å². The molecule has 0 aromatic heterocycles. The normalized spacial score (nSPS) is 13.0. The van der Waals surface area contributed by atoms with Crippen LogP contribution in [0.5, 0.6) is 5.75 Å². The highest BCUT2D eigenvalue weighted by Crippen LogP contribution is 2.22. The Labute approximate surface area is 87.2 Å². The smallest absolute Gasteiger partial charge is 0.149 e. The number of ether oxygens (including phenoxy) is 1. The summed E-state index contributed by atoms with van der Waals surface area (Å²) in [5.41, 5.74) is 1.67. The highest BCUT2D eigenvalue weighted by molar-refractivity contribution is 5.98. The van der Waals surface area contributed by atoms with Crippen molar-refractivity contribution in [2.24, 2.45) is 0 Å². The van der Waals surface area contributed by atoms with E-state index in [1.807, 2.05) is 32.0 Å². The van der Waals surface area contributed by atoms with Crippen LogP contribution in [0.3, 0.4) is 0 Å². The number of rotatable bonds is 4. The number of hydrogen-bond donors (Lipinski definition) is 1. The Hall–Kier alpha value is -0.843. The SMILES string of the molecule is Cc1cccc(COC(C)O[SiH3])c1O. The number of phenolic OH excluding ortho intramolecular Hbond substituents is 1. The predicted octanol–water partition coefficient (Wildman–Crippen LogP) is 0.860. The molecule has 3 nitrogen and oxygen atoms in total. The molecule has 0 spiro atoms. The Bertz CT molecular complexity index is 301. The number of aryl methyl sites for hydroxylation is 1. The maximum absolute atomic E-state index is 9.67. The van der Waals surface area contributed by atoms with Crippen molar-refractivity contribution >= 4 is 10.5 Å². The van der Waals surface area contributed by atoms with Crippen LogP contribution in [0, 0.1) is 6.92 Å². The molecular weight excluding hydrogens is 196 g/mol. The minimum absolute atomic E-state index is 0.193. The quantitative estimate of drug-likeness (QED) is 0.594. The van der Waals surface area contributed by atoms with Gasteiger partial charge in [0.15, 0.2) is 0 Å². The minimum Gasteiger partial charge on any atom is -0.507 e. The Balaban J connectivity index is 2.63. The van der Waals surface area contributed by atoms with E-state index in [2.05, 4.69) is 0 Å². The van der Waals surface area contributed by atoms with Gasteiger partial charge < -0.3 is 14.3 Å². The maximum Gasteiger partial charge on any atom is 0.149 e. The van der Waals surface area contributed by atoms with Crippen molar-refractivity contribution in [1.82, 2.24) is 0 Å². The lowest BCUT2D eigenvalue weighted by molar-refractivity contribution is -0.0727. The molecule has 1 rings (SSSR count). The Morgan fingerprint density at radius 2 is 2.21 bits per heavy atom. The van der Waals surface area contributed by atoms with Crippen molar-refractivity contribution in [3.05, 3.63) is 29.3 Å². The second kappa shape index (κ2) is 5.14. The fourth-order valence-electron chi connectivity index (χ4n) is 1.11. The van der Waals surface area contributed by atoms with Gasteiger partial charge in [0.05, 0.1) is 6.61 Å².